The Balaban J connectivity index is 2.85. The highest BCUT2D eigenvalue weighted by Gasteiger charge is 2.03. The number of rotatable bonds is 3. The summed E-state index contributed by atoms with van der Waals surface area (Å²) in [4.78, 5) is 10.5. The Kier molecular flexibility index (Phi) is 3.39. The van der Waals surface area contributed by atoms with Crippen LogP contribution >= 0.6 is 11.6 Å². The van der Waals surface area contributed by atoms with Crippen LogP contribution in [0.25, 0.3) is 0 Å². The van der Waals surface area contributed by atoms with E-state index in [2.05, 4.69) is 0 Å². The van der Waals surface area contributed by atoms with E-state index < -0.39 is 10.5 Å². The van der Waals surface area contributed by atoms with Crippen molar-refractivity contribution in [2.45, 2.75) is 6.42 Å². The Hall–Kier alpha value is -0.940. The smallest absolute Gasteiger partial charge is 0.226 e. The molecule has 4 nitrogen and oxygen atoms in total. The average Bonchev–Trinajstić information content (AvgIpc) is 2.03. The van der Waals surface area contributed by atoms with Crippen LogP contribution in [-0.4, -0.2) is 10.4 Å². The number of carbonyl (C=O) groups excluding carboxylic acids is 1. The van der Waals surface area contributed by atoms with Crippen LogP contribution in [0, 0.1) is 5.21 Å². The van der Waals surface area contributed by atoms with E-state index >= 15 is 0 Å². The highest BCUT2D eigenvalue weighted by molar-refractivity contribution is 6.63. The van der Waals surface area contributed by atoms with Crippen molar-refractivity contribution >= 4 is 22.5 Å². The number of halogens is 1. The summed E-state index contributed by atoms with van der Waals surface area (Å²) in [7, 11) is 0. The van der Waals surface area contributed by atoms with Crippen molar-refractivity contribution in [1.82, 2.24) is 0 Å². The first-order valence-electron chi connectivity index (χ1n) is 3.60. The molecule has 0 fully saturated rings. The van der Waals surface area contributed by atoms with Crippen LogP contribution in [-0.2, 0) is 11.2 Å². The van der Waals surface area contributed by atoms with Crippen LogP contribution in [0.3, 0.4) is 0 Å². The van der Waals surface area contributed by atoms with Gasteiger partial charge in [-0.2, -0.15) is 5.23 Å². The maximum atomic E-state index is 10.5. The summed E-state index contributed by atoms with van der Waals surface area (Å²) < 4.78 is 0. The molecule has 1 aromatic carbocycles. The lowest BCUT2D eigenvalue weighted by atomic mass is 10.1. The summed E-state index contributed by atoms with van der Waals surface area (Å²) in [5.74, 6) is 0. The Labute approximate surface area is 79.9 Å². The van der Waals surface area contributed by atoms with Crippen molar-refractivity contribution in [3.8, 4) is 0 Å². The first-order valence-corrected chi connectivity index (χ1v) is 3.98. The van der Waals surface area contributed by atoms with Gasteiger partial charge in [0, 0.05) is 18.6 Å². The zero-order valence-electron chi connectivity index (χ0n) is 6.66. The number of quaternary nitrogens is 1. The zero-order chi connectivity index (χ0) is 9.84. The second-order valence-corrected chi connectivity index (χ2v) is 2.96. The Bertz CT molecular complexity index is 314. The van der Waals surface area contributed by atoms with Crippen LogP contribution in [0.2, 0.25) is 0 Å². The average molecular weight is 202 g/mol. The van der Waals surface area contributed by atoms with E-state index in [1.807, 2.05) is 0 Å². The maximum absolute atomic E-state index is 10.5. The predicted octanol–water partition coefficient (Wildman–Crippen LogP) is 0.398. The highest BCUT2D eigenvalue weighted by Crippen LogP contribution is 2.07. The quantitative estimate of drug-likeness (QED) is 0.550. The van der Waals surface area contributed by atoms with Crippen LogP contribution in [0.15, 0.2) is 24.3 Å². The van der Waals surface area contributed by atoms with Gasteiger partial charge in [-0.15, -0.1) is 0 Å². The molecule has 0 aromatic heterocycles. The van der Waals surface area contributed by atoms with Gasteiger partial charge in [0.25, 0.3) is 0 Å². The van der Waals surface area contributed by atoms with Crippen LogP contribution in [0.1, 0.15) is 5.56 Å². The molecule has 0 radical (unpaired) electrons. The summed E-state index contributed by atoms with van der Waals surface area (Å²) in [6, 6.07) is 6.14. The molecule has 1 unspecified atom stereocenters. The number of hydrogen-bond donors (Lipinski definition) is 2. The molecule has 2 N–H and O–H groups in total. The number of hydrogen-bond acceptors (Lipinski definition) is 3. The second-order valence-electron chi connectivity index (χ2n) is 2.54. The number of nitrogens with one attached hydrogen (secondary N) is 1. The third-order valence-corrected chi connectivity index (χ3v) is 1.65. The third kappa shape index (κ3) is 3.12. The minimum atomic E-state index is -1.01. The van der Waals surface area contributed by atoms with E-state index in [0.29, 0.717) is 5.56 Å². The molecule has 70 valence electrons. The SMILES string of the molecule is O=C(Cl)Cc1cccc([NH+]([O-])O)c1. The summed E-state index contributed by atoms with van der Waals surface area (Å²) in [5, 5.41) is 17.6. The van der Waals surface area contributed by atoms with Gasteiger partial charge in [-0.3, -0.25) is 4.79 Å². The Morgan fingerprint density at radius 1 is 1.62 bits per heavy atom. The van der Waals surface area contributed by atoms with E-state index in [9.17, 15) is 10.0 Å². The van der Waals surface area contributed by atoms with Crippen molar-refractivity contribution in [2.24, 2.45) is 0 Å². The lowest BCUT2D eigenvalue weighted by molar-refractivity contribution is -0.991. The van der Waals surface area contributed by atoms with Gasteiger partial charge in [0.1, 0.15) is 0 Å². The Morgan fingerprint density at radius 3 is 2.85 bits per heavy atom. The molecule has 5 heteroatoms. The van der Waals surface area contributed by atoms with Gasteiger partial charge < -0.3 is 5.21 Å². The molecular weight excluding hydrogens is 194 g/mol. The molecule has 0 aliphatic rings. The molecule has 1 rings (SSSR count). The number of carbonyl (C=O) groups is 1. The van der Waals surface area contributed by atoms with Gasteiger partial charge >= 0.3 is 0 Å². The van der Waals surface area contributed by atoms with Gasteiger partial charge in [0.2, 0.25) is 5.24 Å². The molecule has 0 aliphatic carbocycles. The van der Waals surface area contributed by atoms with Crippen molar-refractivity contribution in [3.05, 3.63) is 35.0 Å². The summed E-state index contributed by atoms with van der Waals surface area (Å²) >= 11 is 5.16. The van der Waals surface area contributed by atoms with E-state index in [4.69, 9.17) is 16.8 Å². The molecule has 1 atom stereocenters. The van der Waals surface area contributed by atoms with E-state index in [0.717, 1.165) is 0 Å². The lowest BCUT2D eigenvalue weighted by Crippen LogP contribution is -2.99. The fourth-order valence-corrected chi connectivity index (χ4v) is 1.13. The molecule has 13 heavy (non-hydrogen) atoms. The summed E-state index contributed by atoms with van der Waals surface area (Å²) in [6.07, 6.45) is 0.0582. The lowest BCUT2D eigenvalue weighted by Gasteiger charge is -2.11. The molecule has 0 saturated heterocycles. The fourth-order valence-electron chi connectivity index (χ4n) is 0.975. The summed E-state index contributed by atoms with van der Waals surface area (Å²) in [5.41, 5.74) is 0.773. The van der Waals surface area contributed by atoms with Crippen molar-refractivity contribution in [2.75, 3.05) is 0 Å². The van der Waals surface area contributed by atoms with Gasteiger partial charge in [0.05, 0.1) is 0 Å². The van der Waals surface area contributed by atoms with Gasteiger partial charge in [-0.1, -0.05) is 12.1 Å². The van der Waals surface area contributed by atoms with Crippen LogP contribution in [0.4, 0.5) is 5.69 Å². The molecule has 0 saturated carbocycles. The highest BCUT2D eigenvalue weighted by atomic mass is 35.5. The topological polar surface area (TPSA) is 64.8 Å². The van der Waals surface area contributed by atoms with E-state index in [1.165, 1.54) is 12.1 Å². The summed E-state index contributed by atoms with van der Waals surface area (Å²) in [6.45, 7) is 0. The zero-order valence-corrected chi connectivity index (χ0v) is 7.41. The van der Waals surface area contributed by atoms with E-state index in [1.54, 1.807) is 12.1 Å². The molecule has 0 heterocycles. The molecule has 0 bridgehead atoms. The van der Waals surface area contributed by atoms with Crippen molar-refractivity contribution < 1.29 is 15.2 Å². The normalized spacial score (nSPS) is 12.5. The molecular formula is C8H8ClNO3. The fraction of sp³-hybridized carbons (Fsp3) is 0.125. The van der Waals surface area contributed by atoms with Crippen molar-refractivity contribution in [3.63, 3.8) is 0 Å². The van der Waals surface area contributed by atoms with Crippen LogP contribution in [0.5, 0.6) is 0 Å². The molecule has 0 spiro atoms. The second kappa shape index (κ2) is 4.34. The first-order chi connectivity index (χ1) is 6.09. The Morgan fingerprint density at radius 2 is 2.31 bits per heavy atom. The largest absolute Gasteiger partial charge is 0.595 e. The molecule has 1 aromatic rings. The van der Waals surface area contributed by atoms with Gasteiger partial charge in [-0.25, -0.2) is 5.21 Å². The molecule has 0 amide bonds. The monoisotopic (exact) mass is 201 g/mol. The third-order valence-electron chi connectivity index (χ3n) is 1.52. The minimum Gasteiger partial charge on any atom is -0.595 e. The van der Waals surface area contributed by atoms with Crippen LogP contribution < -0.4 is 5.23 Å². The van der Waals surface area contributed by atoms with Gasteiger partial charge in [0.15, 0.2) is 5.69 Å². The first kappa shape index (κ1) is 10.1. The predicted molar refractivity (Wildman–Crippen MR) is 46.8 cm³/mol. The molecule has 0 aliphatic heterocycles. The standard InChI is InChI=1S/C8H8ClNO3/c9-8(11)5-6-2-1-3-7(4-6)10(12)13/h1-4,10,12H,5H2. The number of benzene rings is 1. The van der Waals surface area contributed by atoms with E-state index in [-0.39, 0.29) is 12.1 Å². The minimum absolute atomic E-state index is 0.0582. The maximum Gasteiger partial charge on any atom is 0.226 e. The van der Waals surface area contributed by atoms with Crippen molar-refractivity contribution in [1.29, 1.82) is 0 Å². The van der Waals surface area contributed by atoms with Gasteiger partial charge in [-0.05, 0) is 17.2 Å².